The van der Waals surface area contributed by atoms with Crippen molar-refractivity contribution >= 4 is 40.9 Å². The molecule has 42 heavy (non-hydrogen) atoms. The number of carbonyl (C=O) groups excluding carboxylic acids is 4. The van der Waals surface area contributed by atoms with Gasteiger partial charge >= 0.3 is 12.1 Å². The summed E-state index contributed by atoms with van der Waals surface area (Å²) in [6, 6.07) is 4.72. The van der Waals surface area contributed by atoms with E-state index < -0.39 is 41.5 Å². The van der Waals surface area contributed by atoms with E-state index in [1.807, 2.05) is 0 Å². The maximum atomic E-state index is 15.1. The van der Waals surface area contributed by atoms with Crippen LogP contribution in [-0.2, 0) is 19.1 Å². The molecule has 15 heteroatoms. The highest BCUT2D eigenvalue weighted by Gasteiger charge is 2.34. The van der Waals surface area contributed by atoms with Gasteiger partial charge in [-0.2, -0.15) is 0 Å². The second kappa shape index (κ2) is 12.0. The molecular weight excluding hydrogens is 561 g/mol. The lowest BCUT2D eigenvalue weighted by molar-refractivity contribution is -0.141. The zero-order valence-corrected chi connectivity index (χ0v) is 22.5. The van der Waals surface area contributed by atoms with Crippen molar-refractivity contribution in [2.75, 3.05) is 56.2 Å². The number of carbonyl (C=O) groups is 4. The summed E-state index contributed by atoms with van der Waals surface area (Å²) in [7, 11) is 1.25. The number of halogens is 3. The minimum Gasteiger partial charge on any atom is -0.469 e. The van der Waals surface area contributed by atoms with Gasteiger partial charge in [-0.3, -0.25) is 19.3 Å². The number of fused-ring (bicyclic) bond motifs is 1. The summed E-state index contributed by atoms with van der Waals surface area (Å²) in [5.74, 6) is -3.70. The molecule has 3 amide bonds. The molecule has 1 aromatic carbocycles. The molecule has 0 aliphatic carbocycles. The Morgan fingerprint density at radius 3 is 2.48 bits per heavy atom. The fourth-order valence-electron chi connectivity index (χ4n) is 4.89. The van der Waals surface area contributed by atoms with Gasteiger partial charge in [-0.25, -0.2) is 22.9 Å². The molecule has 2 aliphatic rings. The SMILES string of the molecule is COC(=O)CC[C@H]1CN(c2cc(F)c(N3CCN(C(=O)CNC(=O)c4cn5cc(F)ccc5n4)CC3)c(F)c2)C(=O)O1. The Kier molecular flexibility index (Phi) is 8.17. The lowest BCUT2D eigenvalue weighted by Crippen LogP contribution is -2.51. The van der Waals surface area contributed by atoms with Crippen LogP contribution >= 0.6 is 0 Å². The summed E-state index contributed by atoms with van der Waals surface area (Å²) in [6.07, 6.45) is 1.38. The van der Waals surface area contributed by atoms with Crippen molar-refractivity contribution in [3.8, 4) is 0 Å². The number of esters is 1. The summed E-state index contributed by atoms with van der Waals surface area (Å²) >= 11 is 0. The van der Waals surface area contributed by atoms with Gasteiger partial charge in [0, 0.05) is 57.1 Å². The molecule has 5 rings (SSSR count). The topological polar surface area (TPSA) is 126 Å². The van der Waals surface area contributed by atoms with Crippen molar-refractivity contribution in [3.05, 3.63) is 59.8 Å². The van der Waals surface area contributed by atoms with Crippen LogP contribution in [0, 0.1) is 17.5 Å². The Morgan fingerprint density at radius 1 is 1.07 bits per heavy atom. The second-order valence-electron chi connectivity index (χ2n) is 9.78. The summed E-state index contributed by atoms with van der Waals surface area (Å²) in [5, 5.41) is 2.49. The number of benzene rings is 1. The van der Waals surface area contributed by atoms with Gasteiger partial charge < -0.3 is 29.0 Å². The first-order valence-corrected chi connectivity index (χ1v) is 13.1. The molecule has 3 aromatic rings. The van der Waals surface area contributed by atoms with Crippen molar-refractivity contribution in [3.63, 3.8) is 0 Å². The third-order valence-electron chi connectivity index (χ3n) is 7.08. The average Bonchev–Trinajstić information content (AvgIpc) is 3.57. The summed E-state index contributed by atoms with van der Waals surface area (Å²) in [5.41, 5.74) is 0.0973. The maximum Gasteiger partial charge on any atom is 0.414 e. The normalized spacial score (nSPS) is 17.0. The minimum atomic E-state index is -0.879. The van der Waals surface area contributed by atoms with E-state index in [1.54, 1.807) is 0 Å². The molecular formula is C27H27F3N6O6. The standard InChI is InChI=1S/C27H27F3N6O6/c1-41-24(38)5-3-18-14-36(27(40)42-18)17-10-19(29)25(20(30)11-17)34-8-6-33(7-9-34)23(37)12-31-26(39)21-15-35-13-16(28)2-4-22(35)32-21/h2,4,10-11,13,15,18H,3,5-9,12,14H2,1H3,(H,31,39)/t18-/m0/s1. The van der Waals surface area contributed by atoms with Crippen LogP contribution in [-0.4, -0.2) is 90.6 Å². The number of ether oxygens (including phenoxy) is 2. The van der Waals surface area contributed by atoms with Crippen molar-refractivity contribution in [1.82, 2.24) is 19.6 Å². The number of anilines is 2. The van der Waals surface area contributed by atoms with E-state index in [0.29, 0.717) is 5.65 Å². The molecule has 0 radical (unpaired) electrons. The lowest BCUT2D eigenvalue weighted by atomic mass is 10.1. The summed E-state index contributed by atoms with van der Waals surface area (Å²) in [4.78, 5) is 56.9. The molecule has 0 spiro atoms. The van der Waals surface area contributed by atoms with Gasteiger partial charge in [0.1, 0.15) is 28.9 Å². The lowest BCUT2D eigenvalue weighted by Gasteiger charge is -2.36. The van der Waals surface area contributed by atoms with Crippen molar-refractivity contribution in [1.29, 1.82) is 0 Å². The van der Waals surface area contributed by atoms with Crippen LogP contribution in [0.15, 0.2) is 36.7 Å². The highest BCUT2D eigenvalue weighted by atomic mass is 19.1. The molecule has 4 heterocycles. The number of rotatable bonds is 8. The fourth-order valence-corrected chi connectivity index (χ4v) is 4.89. The number of imidazole rings is 1. The van der Waals surface area contributed by atoms with Gasteiger partial charge in [-0.15, -0.1) is 0 Å². The molecule has 0 saturated carbocycles. The predicted molar refractivity (Wildman–Crippen MR) is 141 cm³/mol. The van der Waals surface area contributed by atoms with Crippen LogP contribution in [0.2, 0.25) is 0 Å². The average molecular weight is 589 g/mol. The number of piperazine rings is 1. The maximum absolute atomic E-state index is 15.1. The van der Waals surface area contributed by atoms with Crippen molar-refractivity contribution in [2.45, 2.75) is 18.9 Å². The zero-order valence-electron chi connectivity index (χ0n) is 22.5. The molecule has 1 atom stereocenters. The van der Waals surface area contributed by atoms with Crippen LogP contribution in [0.1, 0.15) is 23.3 Å². The van der Waals surface area contributed by atoms with E-state index in [9.17, 15) is 23.6 Å². The van der Waals surface area contributed by atoms with Gasteiger partial charge in [-0.1, -0.05) is 0 Å². The first-order valence-electron chi connectivity index (χ1n) is 13.1. The van der Waals surface area contributed by atoms with Crippen LogP contribution < -0.4 is 15.1 Å². The first-order chi connectivity index (χ1) is 20.1. The van der Waals surface area contributed by atoms with E-state index in [-0.39, 0.29) is 75.1 Å². The Morgan fingerprint density at radius 2 is 1.79 bits per heavy atom. The highest BCUT2D eigenvalue weighted by molar-refractivity contribution is 5.95. The van der Waals surface area contributed by atoms with E-state index >= 15 is 8.78 Å². The molecule has 0 bridgehead atoms. The highest BCUT2D eigenvalue weighted by Crippen LogP contribution is 2.32. The van der Waals surface area contributed by atoms with Crippen molar-refractivity contribution < 1.29 is 41.8 Å². The Bertz CT molecular complexity index is 1520. The number of amides is 3. The third-order valence-corrected chi connectivity index (χ3v) is 7.08. The molecule has 1 N–H and O–H groups in total. The molecule has 2 fully saturated rings. The number of hydrogen-bond acceptors (Lipinski definition) is 8. The Labute approximate surface area is 237 Å². The van der Waals surface area contributed by atoms with Crippen LogP contribution in [0.25, 0.3) is 5.65 Å². The van der Waals surface area contributed by atoms with Gasteiger partial charge in [0.25, 0.3) is 5.91 Å². The predicted octanol–water partition coefficient (Wildman–Crippen LogP) is 2.11. The Hall–Kier alpha value is -4.82. The van der Waals surface area contributed by atoms with Gasteiger partial charge in [0.05, 0.1) is 25.9 Å². The van der Waals surface area contributed by atoms with E-state index in [4.69, 9.17) is 4.74 Å². The van der Waals surface area contributed by atoms with E-state index in [2.05, 4.69) is 15.0 Å². The molecule has 12 nitrogen and oxygen atoms in total. The van der Waals surface area contributed by atoms with Crippen molar-refractivity contribution in [2.24, 2.45) is 0 Å². The monoisotopic (exact) mass is 588 g/mol. The van der Waals surface area contributed by atoms with Crippen LogP contribution in [0.3, 0.4) is 0 Å². The number of pyridine rings is 1. The molecule has 2 aromatic heterocycles. The zero-order chi connectivity index (χ0) is 30.0. The fraction of sp³-hybridized carbons (Fsp3) is 0.370. The number of aromatic nitrogens is 2. The number of cyclic esters (lactones) is 1. The smallest absolute Gasteiger partial charge is 0.414 e. The van der Waals surface area contributed by atoms with E-state index in [1.165, 1.54) is 45.8 Å². The third kappa shape index (κ3) is 6.09. The largest absolute Gasteiger partial charge is 0.469 e. The Balaban J connectivity index is 1.14. The van der Waals surface area contributed by atoms with Gasteiger partial charge in [-0.05, 0) is 18.6 Å². The quantitative estimate of drug-likeness (QED) is 0.397. The number of methoxy groups -OCH3 is 1. The number of hydrogen-bond donors (Lipinski definition) is 1. The van der Waals surface area contributed by atoms with Crippen LogP contribution in [0.4, 0.5) is 29.3 Å². The van der Waals surface area contributed by atoms with Crippen LogP contribution in [0.5, 0.6) is 0 Å². The molecule has 2 saturated heterocycles. The van der Waals surface area contributed by atoms with Gasteiger partial charge in [0.15, 0.2) is 11.6 Å². The number of nitrogens with one attached hydrogen (secondary N) is 1. The van der Waals surface area contributed by atoms with Gasteiger partial charge in [0.2, 0.25) is 5.91 Å². The number of nitrogens with zero attached hydrogens (tertiary/aromatic N) is 5. The molecule has 2 aliphatic heterocycles. The molecule has 0 unspecified atom stereocenters. The molecule has 222 valence electrons. The summed E-state index contributed by atoms with van der Waals surface area (Å²) in [6.45, 7) is 0.289. The second-order valence-corrected chi connectivity index (χ2v) is 9.78. The first kappa shape index (κ1) is 28.7. The summed E-state index contributed by atoms with van der Waals surface area (Å²) < 4.78 is 54.8. The minimum absolute atomic E-state index is 0.0142. The van der Waals surface area contributed by atoms with E-state index in [0.717, 1.165) is 17.0 Å².